The number of halogens is 1. The molecule has 0 heterocycles. The van der Waals surface area contributed by atoms with Crippen LogP contribution in [0.2, 0.25) is 0 Å². The van der Waals surface area contributed by atoms with Crippen molar-refractivity contribution < 1.29 is 9.90 Å². The SMILES string of the molecule is O=C(O)C(c1ccccc1)(c1ccccc1)c1ccc(Br)c(-c2ccccc2)c1-c1ccccc1. The first-order chi connectivity index (χ1) is 17.1. The molecule has 0 aliphatic rings. The minimum atomic E-state index is -1.42. The maximum Gasteiger partial charge on any atom is 0.323 e. The lowest BCUT2D eigenvalue weighted by Crippen LogP contribution is -2.39. The minimum absolute atomic E-state index is 0.706. The molecule has 2 nitrogen and oxygen atoms in total. The molecule has 35 heavy (non-hydrogen) atoms. The van der Waals surface area contributed by atoms with Gasteiger partial charge in [-0.3, -0.25) is 4.79 Å². The summed E-state index contributed by atoms with van der Waals surface area (Å²) in [4.78, 5) is 13.5. The molecule has 0 aromatic heterocycles. The Kier molecular flexibility index (Phi) is 6.35. The Bertz CT molecular complexity index is 1410. The van der Waals surface area contributed by atoms with Crippen LogP contribution >= 0.6 is 15.9 Å². The summed E-state index contributed by atoms with van der Waals surface area (Å²) >= 11 is 3.78. The van der Waals surface area contributed by atoms with Crippen LogP contribution in [0, 0.1) is 0 Å². The summed E-state index contributed by atoms with van der Waals surface area (Å²) in [5.41, 5.74) is 4.54. The van der Waals surface area contributed by atoms with E-state index in [1.54, 1.807) is 0 Å². The first kappa shape index (κ1) is 22.8. The first-order valence-electron chi connectivity index (χ1n) is 11.4. The summed E-state index contributed by atoms with van der Waals surface area (Å²) < 4.78 is 0.909. The van der Waals surface area contributed by atoms with E-state index in [-0.39, 0.29) is 0 Å². The van der Waals surface area contributed by atoms with E-state index in [4.69, 9.17) is 0 Å². The monoisotopic (exact) mass is 518 g/mol. The van der Waals surface area contributed by atoms with Gasteiger partial charge in [-0.1, -0.05) is 143 Å². The zero-order valence-corrected chi connectivity index (χ0v) is 20.5. The summed E-state index contributed by atoms with van der Waals surface area (Å²) in [5.74, 6) is -0.923. The quantitative estimate of drug-likeness (QED) is 0.230. The molecule has 0 radical (unpaired) electrons. The van der Waals surface area contributed by atoms with Crippen molar-refractivity contribution in [3.63, 3.8) is 0 Å². The Balaban J connectivity index is 1.98. The van der Waals surface area contributed by atoms with Gasteiger partial charge in [0.15, 0.2) is 0 Å². The van der Waals surface area contributed by atoms with Gasteiger partial charge in [-0.05, 0) is 39.4 Å². The lowest BCUT2D eigenvalue weighted by molar-refractivity contribution is -0.140. The maximum absolute atomic E-state index is 13.5. The van der Waals surface area contributed by atoms with E-state index in [9.17, 15) is 9.90 Å². The molecule has 0 atom stereocenters. The molecule has 0 spiro atoms. The zero-order chi connectivity index (χ0) is 24.3. The van der Waals surface area contributed by atoms with E-state index in [1.807, 2.05) is 121 Å². The van der Waals surface area contributed by atoms with Crippen molar-refractivity contribution >= 4 is 21.9 Å². The molecular formula is C32H23BrO2. The number of carboxylic acids is 1. The fraction of sp³-hybridized carbons (Fsp3) is 0.0312. The Morgan fingerprint density at radius 3 is 1.37 bits per heavy atom. The molecule has 5 aromatic carbocycles. The lowest BCUT2D eigenvalue weighted by atomic mass is 9.66. The number of hydrogen-bond donors (Lipinski definition) is 1. The van der Waals surface area contributed by atoms with E-state index in [2.05, 4.69) is 28.1 Å². The van der Waals surface area contributed by atoms with Gasteiger partial charge in [0.25, 0.3) is 0 Å². The molecule has 170 valence electrons. The maximum atomic E-state index is 13.5. The molecule has 0 aliphatic carbocycles. The van der Waals surface area contributed by atoms with Crippen LogP contribution in [0.4, 0.5) is 0 Å². The molecule has 0 bridgehead atoms. The Hall–Kier alpha value is -3.95. The Labute approximate surface area is 213 Å². The zero-order valence-electron chi connectivity index (χ0n) is 18.9. The second kappa shape index (κ2) is 9.73. The standard InChI is InChI=1S/C32H23BrO2/c33-28-22-21-27(29(23-13-5-1-6-14-23)30(28)24-15-7-2-8-16-24)32(31(34)35,25-17-9-3-10-18-25)26-19-11-4-12-20-26/h1-22H,(H,34,35). The molecule has 3 heteroatoms. The lowest BCUT2D eigenvalue weighted by Gasteiger charge is -2.34. The third kappa shape index (κ3) is 3.98. The van der Waals surface area contributed by atoms with Crippen LogP contribution in [0.5, 0.6) is 0 Å². The molecule has 0 fully saturated rings. The molecule has 0 saturated carbocycles. The van der Waals surface area contributed by atoms with Crippen molar-refractivity contribution in [1.29, 1.82) is 0 Å². The predicted octanol–water partition coefficient (Wildman–Crippen LogP) is 8.20. The van der Waals surface area contributed by atoms with Gasteiger partial charge < -0.3 is 5.11 Å². The molecule has 5 aromatic rings. The molecule has 0 aliphatic heterocycles. The highest BCUT2D eigenvalue weighted by molar-refractivity contribution is 9.10. The number of rotatable bonds is 6. The average molecular weight is 519 g/mol. The van der Waals surface area contributed by atoms with Crippen molar-refractivity contribution in [2.24, 2.45) is 0 Å². The average Bonchev–Trinajstić information content (AvgIpc) is 2.91. The van der Waals surface area contributed by atoms with Crippen molar-refractivity contribution in [3.05, 3.63) is 155 Å². The third-order valence-corrected chi connectivity index (χ3v) is 7.08. The van der Waals surface area contributed by atoms with Crippen LogP contribution < -0.4 is 0 Å². The molecule has 5 rings (SSSR count). The molecule has 0 amide bonds. The van der Waals surface area contributed by atoms with Crippen LogP contribution in [0.15, 0.2) is 138 Å². The number of carbonyl (C=O) groups is 1. The van der Waals surface area contributed by atoms with Gasteiger partial charge in [-0.15, -0.1) is 0 Å². The topological polar surface area (TPSA) is 37.3 Å². The second-order valence-electron chi connectivity index (χ2n) is 8.36. The van der Waals surface area contributed by atoms with E-state index >= 15 is 0 Å². The van der Waals surface area contributed by atoms with Gasteiger partial charge in [0, 0.05) is 10.0 Å². The third-order valence-electron chi connectivity index (χ3n) is 6.42. The molecule has 0 saturated heterocycles. The fourth-order valence-corrected chi connectivity index (χ4v) is 5.46. The van der Waals surface area contributed by atoms with Crippen LogP contribution in [0.3, 0.4) is 0 Å². The summed E-state index contributed by atoms with van der Waals surface area (Å²) in [6.07, 6.45) is 0. The van der Waals surface area contributed by atoms with Gasteiger partial charge in [-0.2, -0.15) is 0 Å². The Morgan fingerprint density at radius 2 is 0.943 bits per heavy atom. The van der Waals surface area contributed by atoms with Crippen LogP contribution in [0.25, 0.3) is 22.3 Å². The van der Waals surface area contributed by atoms with Crippen LogP contribution in [0.1, 0.15) is 16.7 Å². The van der Waals surface area contributed by atoms with Gasteiger partial charge >= 0.3 is 5.97 Å². The van der Waals surface area contributed by atoms with E-state index in [0.717, 1.165) is 32.3 Å². The predicted molar refractivity (Wildman–Crippen MR) is 145 cm³/mol. The summed E-state index contributed by atoms with van der Waals surface area (Å²) in [6, 6.07) is 43.1. The van der Waals surface area contributed by atoms with Crippen molar-refractivity contribution in [1.82, 2.24) is 0 Å². The van der Waals surface area contributed by atoms with E-state index < -0.39 is 11.4 Å². The summed E-state index contributed by atoms with van der Waals surface area (Å²) in [5, 5.41) is 11.1. The van der Waals surface area contributed by atoms with Crippen molar-refractivity contribution in [2.45, 2.75) is 5.41 Å². The first-order valence-corrected chi connectivity index (χ1v) is 12.2. The van der Waals surface area contributed by atoms with Gasteiger partial charge in [-0.25, -0.2) is 0 Å². The molecule has 0 unspecified atom stereocenters. The highest BCUT2D eigenvalue weighted by atomic mass is 79.9. The largest absolute Gasteiger partial charge is 0.480 e. The normalized spacial score (nSPS) is 11.2. The van der Waals surface area contributed by atoms with Gasteiger partial charge in [0.1, 0.15) is 5.41 Å². The van der Waals surface area contributed by atoms with E-state index in [0.29, 0.717) is 11.1 Å². The summed E-state index contributed by atoms with van der Waals surface area (Å²) in [7, 11) is 0. The number of hydrogen-bond acceptors (Lipinski definition) is 1. The van der Waals surface area contributed by atoms with Crippen LogP contribution in [-0.4, -0.2) is 11.1 Å². The highest BCUT2D eigenvalue weighted by Gasteiger charge is 2.46. The van der Waals surface area contributed by atoms with E-state index in [1.165, 1.54) is 0 Å². The number of aliphatic carboxylic acids is 1. The van der Waals surface area contributed by atoms with Gasteiger partial charge in [0.05, 0.1) is 0 Å². The molecule has 1 N–H and O–H groups in total. The van der Waals surface area contributed by atoms with Gasteiger partial charge in [0.2, 0.25) is 0 Å². The minimum Gasteiger partial charge on any atom is -0.480 e. The second-order valence-corrected chi connectivity index (χ2v) is 9.22. The number of benzene rings is 5. The number of carboxylic acid groups (broad SMARTS) is 1. The smallest absolute Gasteiger partial charge is 0.323 e. The highest BCUT2D eigenvalue weighted by Crippen LogP contribution is 2.49. The molecular weight excluding hydrogens is 496 g/mol. The van der Waals surface area contributed by atoms with Crippen LogP contribution in [-0.2, 0) is 10.2 Å². The van der Waals surface area contributed by atoms with Crippen molar-refractivity contribution in [2.75, 3.05) is 0 Å². The fourth-order valence-electron chi connectivity index (χ4n) is 4.90. The van der Waals surface area contributed by atoms with Crippen molar-refractivity contribution in [3.8, 4) is 22.3 Å². The summed E-state index contributed by atoms with van der Waals surface area (Å²) in [6.45, 7) is 0. The Morgan fingerprint density at radius 1 is 0.543 bits per heavy atom.